The fraction of sp³-hybridized carbons (Fsp3) is 0.0833. The molecule has 0 unspecified atom stereocenters. The molecule has 0 fully saturated rings. The third-order valence-corrected chi connectivity index (χ3v) is 3.20. The summed E-state index contributed by atoms with van der Waals surface area (Å²) in [6.45, 7) is 0. The van der Waals surface area contributed by atoms with Gasteiger partial charge in [0.05, 0.1) is 7.11 Å². The summed E-state index contributed by atoms with van der Waals surface area (Å²) in [5, 5.41) is 8.76. The maximum atomic E-state index is 8.76. The van der Waals surface area contributed by atoms with Gasteiger partial charge in [0.2, 0.25) is 0 Å². The first kappa shape index (κ1) is 10.5. The number of hydrogen-bond acceptors (Lipinski definition) is 4. The monoisotopic (exact) mass is 230 g/mol. The summed E-state index contributed by atoms with van der Waals surface area (Å²) in [5.74, 6) is 0.724. The number of nitriles is 1. The number of nitrogens with two attached hydrogens (primary N) is 1. The molecule has 0 saturated carbocycles. The predicted molar refractivity (Wildman–Crippen MR) is 65.4 cm³/mol. The largest absolute Gasteiger partial charge is 0.497 e. The van der Waals surface area contributed by atoms with Crippen molar-refractivity contribution in [3.05, 3.63) is 35.2 Å². The molecule has 0 bridgehead atoms. The molecular weight excluding hydrogens is 220 g/mol. The fourth-order valence-electron chi connectivity index (χ4n) is 1.44. The van der Waals surface area contributed by atoms with E-state index in [9.17, 15) is 0 Å². The molecule has 0 amide bonds. The van der Waals surface area contributed by atoms with Gasteiger partial charge in [-0.1, -0.05) is 0 Å². The molecule has 1 aromatic carbocycles. The highest BCUT2D eigenvalue weighted by atomic mass is 32.1. The summed E-state index contributed by atoms with van der Waals surface area (Å²) in [6, 6.07) is 11.4. The maximum absolute atomic E-state index is 8.76. The number of nitrogen functional groups attached to an aromatic ring is 1. The van der Waals surface area contributed by atoms with Crippen LogP contribution in [-0.4, -0.2) is 7.11 Å². The third kappa shape index (κ3) is 2.00. The number of methoxy groups -OCH3 is 1. The number of ether oxygens (including phenoxy) is 1. The SMILES string of the molecule is COc1cc(N)cc(-c2ccc(C#N)s2)c1. The highest BCUT2D eigenvalue weighted by molar-refractivity contribution is 7.16. The first-order valence-electron chi connectivity index (χ1n) is 4.68. The predicted octanol–water partition coefficient (Wildman–Crippen LogP) is 2.88. The van der Waals surface area contributed by atoms with Crippen LogP contribution in [0.4, 0.5) is 5.69 Å². The minimum Gasteiger partial charge on any atom is -0.497 e. The van der Waals surface area contributed by atoms with Gasteiger partial charge in [-0.3, -0.25) is 0 Å². The molecule has 1 heterocycles. The first-order valence-corrected chi connectivity index (χ1v) is 5.49. The van der Waals surface area contributed by atoms with E-state index in [1.54, 1.807) is 19.2 Å². The lowest BCUT2D eigenvalue weighted by atomic mass is 10.1. The standard InChI is InChI=1S/C12H10N2OS/c1-15-10-5-8(4-9(14)6-10)12-3-2-11(7-13)16-12/h2-6H,14H2,1H3. The zero-order valence-corrected chi connectivity index (χ0v) is 9.54. The van der Waals surface area contributed by atoms with Gasteiger partial charge < -0.3 is 10.5 Å². The van der Waals surface area contributed by atoms with Crippen LogP contribution in [0.5, 0.6) is 5.75 Å². The Balaban J connectivity index is 2.47. The number of hydrogen-bond donors (Lipinski definition) is 1. The molecule has 0 radical (unpaired) electrons. The van der Waals surface area contributed by atoms with E-state index in [-0.39, 0.29) is 0 Å². The molecule has 0 aliphatic rings. The van der Waals surface area contributed by atoms with Crippen LogP contribution in [0.3, 0.4) is 0 Å². The minimum absolute atomic E-state index is 0.654. The van der Waals surface area contributed by atoms with Crippen molar-refractivity contribution in [1.82, 2.24) is 0 Å². The molecular formula is C12H10N2OS. The number of benzene rings is 1. The lowest BCUT2D eigenvalue weighted by molar-refractivity contribution is 0.415. The van der Waals surface area contributed by atoms with E-state index in [4.69, 9.17) is 15.7 Å². The quantitative estimate of drug-likeness (QED) is 0.807. The number of rotatable bonds is 2. The van der Waals surface area contributed by atoms with Crippen molar-refractivity contribution < 1.29 is 4.74 Å². The Hall–Kier alpha value is -1.99. The Bertz CT molecular complexity index is 554. The molecule has 0 atom stereocenters. The van der Waals surface area contributed by atoms with E-state index in [1.165, 1.54) is 11.3 Å². The van der Waals surface area contributed by atoms with E-state index in [0.717, 1.165) is 16.2 Å². The maximum Gasteiger partial charge on any atom is 0.121 e. The van der Waals surface area contributed by atoms with E-state index in [0.29, 0.717) is 10.6 Å². The van der Waals surface area contributed by atoms with E-state index in [1.807, 2.05) is 18.2 Å². The van der Waals surface area contributed by atoms with Crippen LogP contribution < -0.4 is 10.5 Å². The van der Waals surface area contributed by atoms with Crippen molar-refractivity contribution in [3.8, 4) is 22.3 Å². The highest BCUT2D eigenvalue weighted by Gasteiger charge is 2.05. The smallest absolute Gasteiger partial charge is 0.121 e. The Morgan fingerprint density at radius 1 is 1.31 bits per heavy atom. The second kappa shape index (κ2) is 4.25. The molecule has 0 saturated heterocycles. The molecule has 0 aliphatic heterocycles. The van der Waals surface area contributed by atoms with Gasteiger partial charge in [-0.25, -0.2) is 0 Å². The normalized spacial score (nSPS) is 9.75. The molecule has 2 aromatic rings. The van der Waals surface area contributed by atoms with Crippen LogP contribution >= 0.6 is 11.3 Å². The molecule has 16 heavy (non-hydrogen) atoms. The Morgan fingerprint density at radius 2 is 2.12 bits per heavy atom. The molecule has 0 spiro atoms. The molecule has 4 heteroatoms. The van der Waals surface area contributed by atoms with E-state index in [2.05, 4.69) is 6.07 Å². The van der Waals surface area contributed by atoms with E-state index >= 15 is 0 Å². The summed E-state index contributed by atoms with van der Waals surface area (Å²) in [6.07, 6.45) is 0. The summed E-state index contributed by atoms with van der Waals surface area (Å²) < 4.78 is 5.15. The Kier molecular flexibility index (Phi) is 2.80. The van der Waals surface area contributed by atoms with Crippen LogP contribution in [0.25, 0.3) is 10.4 Å². The first-order chi connectivity index (χ1) is 7.72. The van der Waals surface area contributed by atoms with Gasteiger partial charge in [-0.05, 0) is 29.8 Å². The van der Waals surface area contributed by atoms with Gasteiger partial charge in [0.15, 0.2) is 0 Å². The van der Waals surface area contributed by atoms with Gasteiger partial charge in [0.1, 0.15) is 16.7 Å². The molecule has 0 aliphatic carbocycles. The highest BCUT2D eigenvalue weighted by Crippen LogP contribution is 2.32. The van der Waals surface area contributed by atoms with Crippen molar-refractivity contribution in [3.63, 3.8) is 0 Å². The number of thiophene rings is 1. The topological polar surface area (TPSA) is 59.0 Å². The van der Waals surface area contributed by atoms with Crippen molar-refractivity contribution >= 4 is 17.0 Å². The van der Waals surface area contributed by atoms with Gasteiger partial charge in [0.25, 0.3) is 0 Å². The average molecular weight is 230 g/mol. The number of nitrogens with zero attached hydrogens (tertiary/aromatic N) is 1. The average Bonchev–Trinajstić information content (AvgIpc) is 2.76. The van der Waals surface area contributed by atoms with Gasteiger partial charge >= 0.3 is 0 Å². The van der Waals surface area contributed by atoms with Gasteiger partial charge in [0, 0.05) is 16.6 Å². The van der Waals surface area contributed by atoms with Crippen LogP contribution in [-0.2, 0) is 0 Å². The molecule has 80 valence electrons. The van der Waals surface area contributed by atoms with E-state index < -0.39 is 0 Å². The Labute approximate surface area is 97.7 Å². The fourth-order valence-corrected chi connectivity index (χ4v) is 2.23. The van der Waals surface area contributed by atoms with Crippen LogP contribution in [0, 0.1) is 11.3 Å². The van der Waals surface area contributed by atoms with Crippen molar-refractivity contribution in [2.24, 2.45) is 0 Å². The zero-order valence-electron chi connectivity index (χ0n) is 8.73. The van der Waals surface area contributed by atoms with Gasteiger partial charge in [-0.15, -0.1) is 11.3 Å². The summed E-state index contributed by atoms with van der Waals surface area (Å²) in [7, 11) is 1.60. The lowest BCUT2D eigenvalue weighted by Gasteiger charge is -2.04. The second-order valence-electron chi connectivity index (χ2n) is 3.27. The number of anilines is 1. The Morgan fingerprint density at radius 3 is 2.75 bits per heavy atom. The molecule has 2 N–H and O–H groups in total. The third-order valence-electron chi connectivity index (χ3n) is 2.17. The van der Waals surface area contributed by atoms with Crippen LogP contribution in [0.15, 0.2) is 30.3 Å². The van der Waals surface area contributed by atoms with Crippen molar-refractivity contribution in [2.75, 3.05) is 12.8 Å². The van der Waals surface area contributed by atoms with Crippen LogP contribution in [0.2, 0.25) is 0 Å². The zero-order chi connectivity index (χ0) is 11.5. The van der Waals surface area contributed by atoms with Crippen LogP contribution in [0.1, 0.15) is 4.88 Å². The molecule has 1 aromatic heterocycles. The summed E-state index contributed by atoms with van der Waals surface area (Å²) >= 11 is 1.44. The minimum atomic E-state index is 0.654. The van der Waals surface area contributed by atoms with Crippen molar-refractivity contribution in [2.45, 2.75) is 0 Å². The second-order valence-corrected chi connectivity index (χ2v) is 4.35. The summed E-state index contributed by atoms with van der Waals surface area (Å²) in [4.78, 5) is 1.71. The molecule has 3 nitrogen and oxygen atoms in total. The molecule has 2 rings (SSSR count). The van der Waals surface area contributed by atoms with Crippen molar-refractivity contribution in [1.29, 1.82) is 5.26 Å². The lowest BCUT2D eigenvalue weighted by Crippen LogP contribution is -1.89. The summed E-state index contributed by atoms with van der Waals surface area (Å²) in [5.41, 5.74) is 7.40. The van der Waals surface area contributed by atoms with Gasteiger partial charge in [-0.2, -0.15) is 5.26 Å².